The second-order valence-electron chi connectivity index (χ2n) is 10.9. The van der Waals surface area contributed by atoms with Gasteiger partial charge in [0.2, 0.25) is 5.91 Å². The van der Waals surface area contributed by atoms with Crippen LogP contribution >= 0.6 is 0 Å². The number of rotatable bonds is 9. The Balaban J connectivity index is 1.59. The summed E-state index contributed by atoms with van der Waals surface area (Å²) in [5.74, 6) is -0.324. The monoisotopic (exact) mass is 529 g/mol. The van der Waals surface area contributed by atoms with Crippen LogP contribution in [0.15, 0.2) is 18.5 Å². The van der Waals surface area contributed by atoms with E-state index in [9.17, 15) is 14.4 Å². The lowest BCUT2D eigenvalue weighted by atomic mass is 10.1. The van der Waals surface area contributed by atoms with Crippen molar-refractivity contribution in [1.29, 1.82) is 0 Å². The van der Waals surface area contributed by atoms with E-state index in [1.165, 1.54) is 6.92 Å². The first-order chi connectivity index (χ1) is 18.1. The van der Waals surface area contributed by atoms with Gasteiger partial charge in [0, 0.05) is 69.7 Å². The van der Waals surface area contributed by atoms with Gasteiger partial charge in [0.25, 0.3) is 5.91 Å². The molecule has 2 fully saturated rings. The van der Waals surface area contributed by atoms with Gasteiger partial charge < -0.3 is 33.9 Å². The van der Waals surface area contributed by atoms with Crippen molar-refractivity contribution in [3.8, 4) is 0 Å². The third kappa shape index (κ3) is 6.82. The van der Waals surface area contributed by atoms with Gasteiger partial charge in [0.1, 0.15) is 11.2 Å². The standard InChI is InChI=1S/C27H39N5O6/c1-18(33)29-21-9-10-28-24-23(21)19(15-30(24)11-6-13-36-5)16-32(20-7-8-20)25(34)22-17-31(12-14-37-22)26(35)38-27(2,3)4/h9-10,15,20,22H,6-8,11-14,16-17H2,1-5H3,(H,28,29,33). The number of amides is 3. The molecule has 0 radical (unpaired) electrons. The van der Waals surface area contributed by atoms with Gasteiger partial charge in [-0.15, -0.1) is 0 Å². The molecule has 11 nitrogen and oxygen atoms in total. The van der Waals surface area contributed by atoms with E-state index < -0.39 is 17.8 Å². The quantitative estimate of drug-likeness (QED) is 0.496. The number of nitrogens with one attached hydrogen (secondary N) is 1. The van der Waals surface area contributed by atoms with Gasteiger partial charge in [-0.2, -0.15) is 0 Å². The summed E-state index contributed by atoms with van der Waals surface area (Å²) in [7, 11) is 1.67. The molecule has 2 aromatic rings. The number of nitrogens with zero attached hydrogens (tertiary/aromatic N) is 4. The number of hydrogen-bond acceptors (Lipinski definition) is 7. The lowest BCUT2D eigenvalue weighted by Crippen LogP contribution is -2.53. The molecule has 38 heavy (non-hydrogen) atoms. The topological polar surface area (TPSA) is 115 Å². The molecule has 3 amide bonds. The molecular weight excluding hydrogens is 490 g/mol. The molecule has 0 aromatic carbocycles. The second kappa shape index (κ2) is 11.7. The Labute approximate surface area is 223 Å². The Morgan fingerprint density at radius 2 is 2.03 bits per heavy atom. The minimum Gasteiger partial charge on any atom is -0.444 e. The number of anilines is 1. The molecule has 1 saturated heterocycles. The van der Waals surface area contributed by atoms with E-state index in [4.69, 9.17) is 14.2 Å². The van der Waals surface area contributed by atoms with E-state index in [2.05, 4.69) is 10.3 Å². The predicted octanol–water partition coefficient (Wildman–Crippen LogP) is 3.16. The smallest absolute Gasteiger partial charge is 0.410 e. The highest BCUT2D eigenvalue weighted by Crippen LogP contribution is 2.34. The van der Waals surface area contributed by atoms with E-state index in [0.717, 1.165) is 35.9 Å². The Morgan fingerprint density at radius 1 is 1.26 bits per heavy atom. The number of morpholine rings is 1. The van der Waals surface area contributed by atoms with Crippen molar-refractivity contribution in [3.63, 3.8) is 0 Å². The Bertz CT molecular complexity index is 1170. The summed E-state index contributed by atoms with van der Waals surface area (Å²) in [5.41, 5.74) is 1.69. The van der Waals surface area contributed by atoms with Crippen LogP contribution in [0.2, 0.25) is 0 Å². The molecule has 1 N–H and O–H groups in total. The first kappa shape index (κ1) is 27.8. The predicted molar refractivity (Wildman–Crippen MR) is 142 cm³/mol. The number of pyridine rings is 1. The van der Waals surface area contributed by atoms with Crippen LogP contribution in [0, 0.1) is 0 Å². The first-order valence-electron chi connectivity index (χ1n) is 13.2. The van der Waals surface area contributed by atoms with E-state index in [1.54, 1.807) is 24.3 Å². The molecule has 4 rings (SSSR count). The first-order valence-corrected chi connectivity index (χ1v) is 13.2. The number of ether oxygens (including phenoxy) is 3. The molecule has 1 unspecified atom stereocenters. The van der Waals surface area contributed by atoms with Crippen LogP contribution < -0.4 is 5.32 Å². The molecule has 1 aliphatic carbocycles. The summed E-state index contributed by atoms with van der Waals surface area (Å²) in [6.07, 6.45) is 5.11. The largest absolute Gasteiger partial charge is 0.444 e. The van der Waals surface area contributed by atoms with Crippen LogP contribution in [0.3, 0.4) is 0 Å². The van der Waals surface area contributed by atoms with Gasteiger partial charge in [-0.3, -0.25) is 9.59 Å². The van der Waals surface area contributed by atoms with Crippen molar-refractivity contribution in [1.82, 2.24) is 19.4 Å². The second-order valence-corrected chi connectivity index (χ2v) is 10.9. The minimum absolute atomic E-state index is 0.107. The molecule has 1 saturated carbocycles. The average molecular weight is 530 g/mol. The summed E-state index contributed by atoms with van der Waals surface area (Å²) < 4.78 is 18.6. The van der Waals surface area contributed by atoms with Crippen molar-refractivity contribution < 1.29 is 28.6 Å². The van der Waals surface area contributed by atoms with E-state index in [-0.39, 0.29) is 31.0 Å². The summed E-state index contributed by atoms with van der Waals surface area (Å²) in [6, 6.07) is 1.88. The molecule has 1 aliphatic heterocycles. The maximum Gasteiger partial charge on any atom is 0.410 e. The third-order valence-electron chi connectivity index (χ3n) is 6.50. The van der Waals surface area contributed by atoms with Crippen LogP contribution in [-0.4, -0.2) is 88.4 Å². The normalized spacial score (nSPS) is 17.9. The van der Waals surface area contributed by atoms with Crippen LogP contribution in [0.4, 0.5) is 10.5 Å². The minimum atomic E-state index is -0.764. The number of aromatic nitrogens is 2. The molecule has 0 spiro atoms. The molecule has 0 bridgehead atoms. The summed E-state index contributed by atoms with van der Waals surface area (Å²) >= 11 is 0. The maximum atomic E-state index is 13.8. The molecule has 3 heterocycles. The lowest BCUT2D eigenvalue weighted by molar-refractivity contribution is -0.150. The van der Waals surface area contributed by atoms with Crippen molar-refractivity contribution in [2.75, 3.05) is 38.7 Å². The number of carbonyl (C=O) groups is 3. The number of hydrogen-bond donors (Lipinski definition) is 1. The van der Waals surface area contributed by atoms with Crippen LogP contribution in [0.5, 0.6) is 0 Å². The zero-order valence-electron chi connectivity index (χ0n) is 23.0. The Morgan fingerprint density at radius 3 is 2.68 bits per heavy atom. The van der Waals surface area contributed by atoms with Gasteiger partial charge in [-0.25, -0.2) is 9.78 Å². The maximum absolute atomic E-state index is 13.8. The van der Waals surface area contributed by atoms with Crippen LogP contribution in [0.1, 0.15) is 52.5 Å². The van der Waals surface area contributed by atoms with Gasteiger partial charge >= 0.3 is 6.09 Å². The molecule has 208 valence electrons. The number of methoxy groups -OCH3 is 1. The highest BCUT2D eigenvalue weighted by atomic mass is 16.6. The van der Waals surface area contributed by atoms with Crippen molar-refractivity contribution in [2.24, 2.45) is 0 Å². The zero-order chi connectivity index (χ0) is 27.4. The zero-order valence-corrected chi connectivity index (χ0v) is 23.0. The van der Waals surface area contributed by atoms with Crippen molar-refractivity contribution >= 4 is 34.6 Å². The third-order valence-corrected chi connectivity index (χ3v) is 6.50. The van der Waals surface area contributed by atoms with Crippen molar-refractivity contribution in [2.45, 2.75) is 77.8 Å². The lowest BCUT2D eigenvalue weighted by Gasteiger charge is -2.35. The van der Waals surface area contributed by atoms with Gasteiger partial charge in [-0.05, 0) is 46.1 Å². The number of fused-ring (bicyclic) bond motifs is 1. The summed E-state index contributed by atoms with van der Waals surface area (Å²) in [6.45, 7) is 9.37. The molecule has 1 atom stereocenters. The fourth-order valence-electron chi connectivity index (χ4n) is 4.69. The number of aryl methyl sites for hydroxylation is 1. The van der Waals surface area contributed by atoms with E-state index >= 15 is 0 Å². The average Bonchev–Trinajstić information content (AvgIpc) is 3.63. The molecule has 2 aliphatic rings. The Kier molecular flexibility index (Phi) is 8.57. The van der Waals surface area contributed by atoms with Gasteiger partial charge in [-0.1, -0.05) is 0 Å². The van der Waals surface area contributed by atoms with Gasteiger partial charge in [0.15, 0.2) is 6.10 Å². The molecule has 11 heteroatoms. The van der Waals surface area contributed by atoms with Crippen LogP contribution in [-0.2, 0) is 36.9 Å². The van der Waals surface area contributed by atoms with E-state index in [1.807, 2.05) is 36.4 Å². The summed E-state index contributed by atoms with van der Waals surface area (Å²) in [5, 5.41) is 3.73. The molecule has 2 aromatic heterocycles. The number of carbonyl (C=O) groups excluding carboxylic acids is 3. The highest BCUT2D eigenvalue weighted by Gasteiger charge is 2.40. The summed E-state index contributed by atoms with van der Waals surface area (Å²) in [4.78, 5) is 46.3. The van der Waals surface area contributed by atoms with Gasteiger partial charge in [0.05, 0.1) is 18.8 Å². The Hall–Kier alpha value is -3.18. The fraction of sp³-hybridized carbons (Fsp3) is 0.630. The molecular formula is C27H39N5O6. The fourth-order valence-corrected chi connectivity index (χ4v) is 4.69. The van der Waals surface area contributed by atoms with Crippen molar-refractivity contribution in [3.05, 3.63) is 24.0 Å². The van der Waals surface area contributed by atoms with Crippen LogP contribution in [0.25, 0.3) is 11.0 Å². The highest BCUT2D eigenvalue weighted by molar-refractivity contribution is 6.01. The SMILES string of the molecule is COCCCn1cc(CN(C(=O)C2CN(C(=O)OC(C)(C)C)CCO2)C2CC2)c2c(NC(C)=O)ccnc21. The van der Waals surface area contributed by atoms with E-state index in [0.29, 0.717) is 31.9 Å².